The van der Waals surface area contributed by atoms with Gasteiger partial charge in [-0.25, -0.2) is 0 Å². The zero-order valence-corrected chi connectivity index (χ0v) is 10.8. The molecule has 1 aromatic carbocycles. The number of fused-ring (bicyclic) bond motifs is 1. The molecule has 1 aromatic heterocycles. The fourth-order valence-electron chi connectivity index (χ4n) is 3.16. The summed E-state index contributed by atoms with van der Waals surface area (Å²) in [6, 6.07) is 8.40. The molecule has 0 spiro atoms. The van der Waals surface area contributed by atoms with Crippen LogP contribution in [0.4, 0.5) is 0 Å². The van der Waals surface area contributed by atoms with E-state index in [9.17, 15) is 0 Å². The van der Waals surface area contributed by atoms with Crippen molar-refractivity contribution in [1.29, 1.82) is 0 Å². The van der Waals surface area contributed by atoms with Gasteiger partial charge in [0.05, 0.1) is 6.61 Å². The molecule has 1 aliphatic rings. The van der Waals surface area contributed by atoms with Crippen LogP contribution >= 0.6 is 0 Å². The van der Waals surface area contributed by atoms with E-state index in [2.05, 4.69) is 29.0 Å². The smallest absolute Gasteiger partial charge is 0.0682 e. The van der Waals surface area contributed by atoms with E-state index >= 15 is 0 Å². The van der Waals surface area contributed by atoms with E-state index in [4.69, 9.17) is 5.11 Å². The Morgan fingerprint density at radius 3 is 2.78 bits per heavy atom. The molecule has 18 heavy (non-hydrogen) atoms. The Kier molecular flexibility index (Phi) is 3.37. The van der Waals surface area contributed by atoms with E-state index in [0.717, 1.165) is 18.0 Å². The summed E-state index contributed by atoms with van der Waals surface area (Å²) in [4.78, 5) is 0. The monoisotopic (exact) mass is 243 g/mol. The van der Waals surface area contributed by atoms with E-state index in [0.29, 0.717) is 0 Å². The molecule has 1 aliphatic carbocycles. The van der Waals surface area contributed by atoms with Gasteiger partial charge in [-0.2, -0.15) is 0 Å². The zero-order valence-electron chi connectivity index (χ0n) is 10.8. The first-order valence-corrected chi connectivity index (χ1v) is 7.05. The third kappa shape index (κ3) is 2.30. The molecule has 2 aromatic rings. The highest BCUT2D eigenvalue weighted by atomic mass is 16.3. The van der Waals surface area contributed by atoms with Crippen LogP contribution in [0.2, 0.25) is 0 Å². The van der Waals surface area contributed by atoms with E-state index in [1.165, 1.54) is 43.0 Å². The van der Waals surface area contributed by atoms with Crippen LogP contribution in [0.5, 0.6) is 0 Å². The lowest BCUT2D eigenvalue weighted by molar-refractivity contribution is 0.282. The molecule has 1 saturated carbocycles. The van der Waals surface area contributed by atoms with Crippen molar-refractivity contribution in [2.24, 2.45) is 5.92 Å². The quantitative estimate of drug-likeness (QED) is 0.870. The third-order valence-corrected chi connectivity index (χ3v) is 4.27. The summed E-state index contributed by atoms with van der Waals surface area (Å²) >= 11 is 0. The van der Waals surface area contributed by atoms with Crippen LogP contribution in [-0.2, 0) is 13.2 Å². The Balaban J connectivity index is 1.75. The van der Waals surface area contributed by atoms with Crippen LogP contribution in [0.1, 0.15) is 37.7 Å². The maximum Gasteiger partial charge on any atom is 0.0682 e. The topological polar surface area (TPSA) is 25.2 Å². The van der Waals surface area contributed by atoms with Crippen LogP contribution in [0, 0.1) is 5.92 Å². The SMILES string of the molecule is OCc1ccc2c(ccn2CCC2CCCC2)c1. The summed E-state index contributed by atoms with van der Waals surface area (Å²) in [5.41, 5.74) is 2.29. The summed E-state index contributed by atoms with van der Waals surface area (Å²) in [7, 11) is 0. The van der Waals surface area contributed by atoms with Crippen molar-refractivity contribution in [2.45, 2.75) is 45.3 Å². The molecule has 1 heterocycles. The Morgan fingerprint density at radius 2 is 2.00 bits per heavy atom. The molecule has 96 valence electrons. The molecule has 0 aliphatic heterocycles. The van der Waals surface area contributed by atoms with Gasteiger partial charge in [-0.3, -0.25) is 0 Å². The molecular formula is C16H21NO. The molecule has 1 fully saturated rings. The Hall–Kier alpha value is -1.28. The Bertz CT molecular complexity index is 523. The van der Waals surface area contributed by atoms with Crippen molar-refractivity contribution >= 4 is 10.9 Å². The van der Waals surface area contributed by atoms with Gasteiger partial charge in [0.2, 0.25) is 0 Å². The number of hydrogen-bond acceptors (Lipinski definition) is 1. The van der Waals surface area contributed by atoms with Crippen molar-refractivity contribution in [3.63, 3.8) is 0 Å². The first kappa shape index (κ1) is 11.8. The summed E-state index contributed by atoms with van der Waals surface area (Å²) in [5, 5.41) is 10.4. The van der Waals surface area contributed by atoms with Crippen LogP contribution < -0.4 is 0 Å². The van der Waals surface area contributed by atoms with Gasteiger partial charge in [0, 0.05) is 18.3 Å². The van der Waals surface area contributed by atoms with Crippen LogP contribution in [-0.4, -0.2) is 9.67 Å². The summed E-state index contributed by atoms with van der Waals surface area (Å²) in [6.45, 7) is 1.26. The summed E-state index contributed by atoms with van der Waals surface area (Å²) in [5.74, 6) is 0.944. The van der Waals surface area contributed by atoms with Crippen molar-refractivity contribution in [3.8, 4) is 0 Å². The van der Waals surface area contributed by atoms with E-state index in [1.54, 1.807) is 0 Å². The van der Waals surface area contributed by atoms with Crippen LogP contribution in [0.3, 0.4) is 0 Å². The van der Waals surface area contributed by atoms with Gasteiger partial charge in [-0.1, -0.05) is 31.7 Å². The molecule has 0 bridgehead atoms. The van der Waals surface area contributed by atoms with Crippen molar-refractivity contribution in [3.05, 3.63) is 36.0 Å². The minimum Gasteiger partial charge on any atom is -0.392 e. The molecule has 0 radical (unpaired) electrons. The highest BCUT2D eigenvalue weighted by molar-refractivity contribution is 5.80. The van der Waals surface area contributed by atoms with Crippen LogP contribution in [0.15, 0.2) is 30.5 Å². The van der Waals surface area contributed by atoms with Gasteiger partial charge in [0.1, 0.15) is 0 Å². The van der Waals surface area contributed by atoms with E-state index in [-0.39, 0.29) is 6.61 Å². The predicted octanol–water partition coefficient (Wildman–Crippen LogP) is 3.71. The third-order valence-electron chi connectivity index (χ3n) is 4.27. The van der Waals surface area contributed by atoms with E-state index in [1.807, 2.05) is 6.07 Å². The fourth-order valence-corrected chi connectivity index (χ4v) is 3.16. The number of nitrogens with zero attached hydrogens (tertiary/aromatic N) is 1. The van der Waals surface area contributed by atoms with Gasteiger partial charge in [-0.05, 0) is 41.5 Å². The normalized spacial score (nSPS) is 16.7. The number of aromatic nitrogens is 1. The van der Waals surface area contributed by atoms with Crippen LogP contribution in [0.25, 0.3) is 10.9 Å². The standard InChI is InChI=1S/C16H21NO/c18-12-14-5-6-16-15(11-14)8-10-17(16)9-7-13-3-1-2-4-13/h5-6,8,10-11,13,18H,1-4,7,9,12H2. The second kappa shape index (κ2) is 5.15. The number of aliphatic hydroxyl groups is 1. The first-order valence-electron chi connectivity index (χ1n) is 7.05. The van der Waals surface area contributed by atoms with Gasteiger partial charge in [0.25, 0.3) is 0 Å². The lowest BCUT2D eigenvalue weighted by atomic mass is 10.0. The predicted molar refractivity (Wildman–Crippen MR) is 74.4 cm³/mol. The second-order valence-corrected chi connectivity index (χ2v) is 5.50. The minimum absolute atomic E-state index is 0.128. The molecule has 0 atom stereocenters. The molecular weight excluding hydrogens is 222 g/mol. The average Bonchev–Trinajstić information content (AvgIpc) is 3.05. The number of rotatable bonds is 4. The van der Waals surface area contributed by atoms with Crippen molar-refractivity contribution in [2.75, 3.05) is 0 Å². The second-order valence-electron chi connectivity index (χ2n) is 5.50. The van der Waals surface area contributed by atoms with Gasteiger partial charge in [0.15, 0.2) is 0 Å². The molecule has 0 amide bonds. The zero-order chi connectivity index (χ0) is 12.4. The minimum atomic E-state index is 0.128. The van der Waals surface area contributed by atoms with Gasteiger partial charge < -0.3 is 9.67 Å². The lowest BCUT2D eigenvalue weighted by Gasteiger charge is -2.10. The highest BCUT2D eigenvalue weighted by Crippen LogP contribution is 2.28. The average molecular weight is 243 g/mol. The number of aryl methyl sites for hydroxylation is 1. The molecule has 2 nitrogen and oxygen atoms in total. The number of benzene rings is 1. The van der Waals surface area contributed by atoms with Gasteiger partial charge in [-0.15, -0.1) is 0 Å². The molecule has 2 heteroatoms. The fraction of sp³-hybridized carbons (Fsp3) is 0.500. The van der Waals surface area contributed by atoms with Crippen molar-refractivity contribution < 1.29 is 5.11 Å². The molecule has 3 rings (SSSR count). The maximum absolute atomic E-state index is 9.14. The maximum atomic E-state index is 9.14. The van der Waals surface area contributed by atoms with Crippen molar-refractivity contribution in [1.82, 2.24) is 4.57 Å². The first-order chi connectivity index (χ1) is 8.86. The summed E-state index contributed by atoms with van der Waals surface area (Å²) in [6.07, 6.45) is 9.20. The molecule has 1 N–H and O–H groups in total. The van der Waals surface area contributed by atoms with E-state index < -0.39 is 0 Å². The highest BCUT2D eigenvalue weighted by Gasteiger charge is 2.14. The molecule has 0 saturated heterocycles. The Morgan fingerprint density at radius 1 is 1.17 bits per heavy atom. The summed E-state index contributed by atoms with van der Waals surface area (Å²) < 4.78 is 2.36. The Labute approximate surface area is 108 Å². The largest absolute Gasteiger partial charge is 0.392 e. The molecule has 0 unspecified atom stereocenters. The number of hydrogen-bond donors (Lipinski definition) is 1. The number of aliphatic hydroxyl groups excluding tert-OH is 1. The lowest BCUT2D eigenvalue weighted by Crippen LogP contribution is -2.02. The van der Waals surface area contributed by atoms with Gasteiger partial charge >= 0.3 is 0 Å².